The van der Waals surface area contributed by atoms with E-state index in [1.807, 2.05) is 24.3 Å². The van der Waals surface area contributed by atoms with Gasteiger partial charge in [-0.05, 0) is 61.6 Å². The average Bonchev–Trinajstić information content (AvgIpc) is 3.27. The van der Waals surface area contributed by atoms with Crippen LogP contribution in [-0.4, -0.2) is 71.9 Å². The molecule has 1 saturated heterocycles. The number of carbonyl (C=O) groups excluding carboxylic acids is 2. The van der Waals surface area contributed by atoms with E-state index in [0.29, 0.717) is 25.9 Å². The fourth-order valence-corrected chi connectivity index (χ4v) is 5.25. The summed E-state index contributed by atoms with van der Waals surface area (Å²) in [5, 5.41) is 26.7. The molecule has 4 N–H and O–H groups in total. The number of nitrogens with one attached hydrogen (secondary N) is 2. The van der Waals surface area contributed by atoms with Gasteiger partial charge in [0.05, 0.1) is 37.0 Å². The van der Waals surface area contributed by atoms with E-state index in [2.05, 4.69) is 15.5 Å². The summed E-state index contributed by atoms with van der Waals surface area (Å²) in [6.45, 7) is 0.351. The van der Waals surface area contributed by atoms with Gasteiger partial charge in [0, 0.05) is 24.7 Å². The van der Waals surface area contributed by atoms with Crippen molar-refractivity contribution in [1.82, 2.24) is 15.5 Å². The van der Waals surface area contributed by atoms with Gasteiger partial charge in [0.25, 0.3) is 5.91 Å². The van der Waals surface area contributed by atoms with E-state index >= 15 is 0 Å². The molecule has 1 saturated carbocycles. The molecule has 2 aromatic carbocycles. The van der Waals surface area contributed by atoms with Crippen LogP contribution in [0.5, 0.6) is 5.75 Å². The van der Waals surface area contributed by atoms with Crippen LogP contribution in [0.3, 0.4) is 0 Å². The number of methoxy groups -OCH3 is 1. The van der Waals surface area contributed by atoms with Gasteiger partial charge < -0.3 is 25.6 Å². The van der Waals surface area contributed by atoms with Crippen molar-refractivity contribution < 1.29 is 37.7 Å². The van der Waals surface area contributed by atoms with Crippen LogP contribution in [0, 0.1) is 0 Å². The Kier molecular flexibility index (Phi) is 8.29. The Labute approximate surface area is 218 Å². The van der Waals surface area contributed by atoms with E-state index in [-0.39, 0.29) is 11.6 Å². The normalized spacial score (nSPS) is 26.1. The molecular weight excluding hydrogens is 503 g/mol. The summed E-state index contributed by atoms with van der Waals surface area (Å²) in [6, 6.07) is 10.9. The van der Waals surface area contributed by atoms with E-state index in [9.17, 15) is 33.0 Å². The van der Waals surface area contributed by atoms with Gasteiger partial charge in [0.15, 0.2) is 0 Å². The van der Waals surface area contributed by atoms with Gasteiger partial charge in [-0.25, -0.2) is 0 Å². The molecule has 1 aliphatic heterocycles. The van der Waals surface area contributed by atoms with Crippen molar-refractivity contribution in [2.24, 2.45) is 0 Å². The number of hydrogen-bond donors (Lipinski definition) is 4. The number of alkyl halides is 3. The molecule has 2 fully saturated rings. The molecule has 1 aliphatic carbocycles. The van der Waals surface area contributed by atoms with E-state index in [4.69, 9.17) is 4.74 Å². The fraction of sp³-hybridized carbons (Fsp3) is 0.481. The van der Waals surface area contributed by atoms with Gasteiger partial charge in [0.1, 0.15) is 5.75 Å². The monoisotopic (exact) mass is 535 g/mol. The number of carbonyl (C=O) groups is 2. The summed E-state index contributed by atoms with van der Waals surface area (Å²) in [7, 11) is 1.59. The van der Waals surface area contributed by atoms with Crippen molar-refractivity contribution in [2.75, 3.05) is 26.7 Å². The molecule has 0 unspecified atom stereocenters. The van der Waals surface area contributed by atoms with Crippen LogP contribution in [0.2, 0.25) is 0 Å². The molecule has 8 nitrogen and oxygen atoms in total. The maximum atomic E-state index is 12.9. The topological polar surface area (TPSA) is 111 Å². The van der Waals surface area contributed by atoms with Crippen molar-refractivity contribution in [3.8, 4) is 5.75 Å². The predicted octanol–water partition coefficient (Wildman–Crippen LogP) is 2.44. The Morgan fingerprint density at radius 2 is 1.79 bits per heavy atom. The fourth-order valence-electron chi connectivity index (χ4n) is 5.25. The Balaban J connectivity index is 1.25. The van der Waals surface area contributed by atoms with E-state index in [1.54, 1.807) is 7.11 Å². The van der Waals surface area contributed by atoms with Crippen molar-refractivity contribution in [2.45, 2.75) is 55.6 Å². The standard InChI is InChI=1S/C27H32F3N3O5/c1-38-21-7-5-18(6-8-21)26(37)11-9-20(10-12-26)33-15-22(23(34)16-33)32-24(35)14-31-25(36)17-3-2-4-19(13-17)27(28,29)30/h2-8,13,20,22-23,34,37H,9-12,14-16H2,1H3,(H,31,36)(H,32,35)/t20?,22-,23+,26?/m0/s1. The third kappa shape index (κ3) is 6.46. The van der Waals surface area contributed by atoms with Crippen LogP contribution in [0.1, 0.15) is 47.2 Å². The Hall–Kier alpha value is -3.15. The van der Waals surface area contributed by atoms with Crippen molar-refractivity contribution in [3.05, 3.63) is 65.2 Å². The zero-order chi connectivity index (χ0) is 27.5. The molecule has 0 bridgehead atoms. The highest BCUT2D eigenvalue weighted by Crippen LogP contribution is 2.39. The first-order valence-electron chi connectivity index (χ1n) is 12.5. The quantitative estimate of drug-likeness (QED) is 0.434. The summed E-state index contributed by atoms with van der Waals surface area (Å²) < 4.78 is 43.8. The molecule has 11 heteroatoms. The highest BCUT2D eigenvalue weighted by Gasteiger charge is 2.41. The summed E-state index contributed by atoms with van der Waals surface area (Å²) in [5.74, 6) is -0.624. The molecule has 206 valence electrons. The van der Waals surface area contributed by atoms with Crippen LogP contribution in [-0.2, 0) is 16.6 Å². The second-order valence-electron chi connectivity index (χ2n) is 9.95. The molecule has 2 aromatic rings. The number of aliphatic hydroxyl groups is 2. The van der Waals surface area contributed by atoms with Crippen LogP contribution in [0.4, 0.5) is 13.2 Å². The number of rotatable bonds is 7. The molecular formula is C27H32F3N3O5. The average molecular weight is 536 g/mol. The number of amides is 2. The maximum Gasteiger partial charge on any atom is 0.416 e. The van der Waals surface area contributed by atoms with E-state index in [0.717, 1.165) is 42.4 Å². The molecule has 0 spiro atoms. The molecule has 2 atom stereocenters. The number of nitrogens with zero attached hydrogens (tertiary/aromatic N) is 1. The van der Waals surface area contributed by atoms with E-state index < -0.39 is 47.8 Å². The first kappa shape index (κ1) is 27.9. The van der Waals surface area contributed by atoms with Gasteiger partial charge in [0.2, 0.25) is 5.91 Å². The first-order chi connectivity index (χ1) is 18.0. The Morgan fingerprint density at radius 1 is 1.11 bits per heavy atom. The molecule has 1 heterocycles. The van der Waals surface area contributed by atoms with Crippen molar-refractivity contribution in [3.63, 3.8) is 0 Å². The van der Waals surface area contributed by atoms with Gasteiger partial charge in [-0.3, -0.25) is 14.5 Å². The molecule has 38 heavy (non-hydrogen) atoms. The lowest BCUT2D eigenvalue weighted by atomic mass is 9.77. The number of ether oxygens (including phenoxy) is 1. The number of likely N-dealkylation sites (tertiary alicyclic amines) is 1. The maximum absolute atomic E-state index is 12.9. The Bertz CT molecular complexity index is 1130. The lowest BCUT2D eigenvalue weighted by Crippen LogP contribution is -2.47. The summed E-state index contributed by atoms with van der Waals surface area (Å²) in [4.78, 5) is 26.7. The van der Waals surface area contributed by atoms with Crippen molar-refractivity contribution in [1.29, 1.82) is 0 Å². The highest BCUT2D eigenvalue weighted by molar-refractivity contribution is 5.96. The molecule has 4 rings (SSSR count). The Morgan fingerprint density at radius 3 is 2.42 bits per heavy atom. The lowest BCUT2D eigenvalue weighted by Gasteiger charge is -2.40. The molecule has 0 radical (unpaired) electrons. The smallest absolute Gasteiger partial charge is 0.416 e. The number of halogens is 3. The van der Waals surface area contributed by atoms with Crippen LogP contribution >= 0.6 is 0 Å². The minimum Gasteiger partial charge on any atom is -0.497 e. The zero-order valence-corrected chi connectivity index (χ0v) is 21.0. The minimum absolute atomic E-state index is 0.144. The van der Waals surface area contributed by atoms with Crippen LogP contribution in [0.15, 0.2) is 48.5 Å². The second kappa shape index (κ2) is 11.3. The summed E-state index contributed by atoms with van der Waals surface area (Å²) in [6.07, 6.45) is -2.80. The first-order valence-corrected chi connectivity index (χ1v) is 12.5. The number of aliphatic hydroxyl groups excluding tert-OH is 1. The summed E-state index contributed by atoms with van der Waals surface area (Å²) in [5.41, 5.74) is -1.23. The number of hydrogen-bond acceptors (Lipinski definition) is 6. The molecule has 0 aromatic heterocycles. The highest BCUT2D eigenvalue weighted by atomic mass is 19.4. The minimum atomic E-state index is -4.58. The third-order valence-corrected chi connectivity index (χ3v) is 7.45. The molecule has 2 amide bonds. The van der Waals surface area contributed by atoms with Gasteiger partial charge >= 0.3 is 6.18 Å². The second-order valence-corrected chi connectivity index (χ2v) is 9.95. The number of β-amino-alcohol motifs (C(OH)–C–C–N with tert-alkyl or cyclic N) is 1. The van der Waals surface area contributed by atoms with Gasteiger partial charge in [-0.1, -0.05) is 18.2 Å². The predicted molar refractivity (Wildman–Crippen MR) is 132 cm³/mol. The van der Waals surface area contributed by atoms with Gasteiger partial charge in [-0.2, -0.15) is 13.2 Å². The largest absolute Gasteiger partial charge is 0.497 e. The summed E-state index contributed by atoms with van der Waals surface area (Å²) >= 11 is 0. The van der Waals surface area contributed by atoms with Crippen molar-refractivity contribution >= 4 is 11.8 Å². The van der Waals surface area contributed by atoms with E-state index in [1.165, 1.54) is 6.07 Å². The third-order valence-electron chi connectivity index (χ3n) is 7.45. The lowest BCUT2D eigenvalue weighted by molar-refractivity contribution is -0.137. The molecule has 2 aliphatic rings. The van der Waals surface area contributed by atoms with Crippen LogP contribution in [0.25, 0.3) is 0 Å². The number of benzene rings is 2. The zero-order valence-electron chi connectivity index (χ0n) is 21.0. The van der Waals surface area contributed by atoms with Gasteiger partial charge in [-0.15, -0.1) is 0 Å². The SMILES string of the molecule is COc1ccc(C2(O)CCC(N3C[C@@H](O)[C@@H](NC(=O)CNC(=O)c4cccc(C(F)(F)F)c4)C3)CC2)cc1. The van der Waals surface area contributed by atoms with Crippen LogP contribution < -0.4 is 15.4 Å².